The van der Waals surface area contributed by atoms with Crippen molar-refractivity contribution in [1.82, 2.24) is 15.4 Å². The van der Waals surface area contributed by atoms with E-state index < -0.39 is 11.9 Å². The van der Waals surface area contributed by atoms with E-state index in [1.165, 1.54) is 0 Å². The molecule has 0 unspecified atom stereocenters. The number of amides is 1. The molecule has 3 N–H and O–H groups in total. The van der Waals surface area contributed by atoms with Crippen LogP contribution < -0.4 is 10.9 Å². The lowest BCUT2D eigenvalue weighted by atomic mass is 9.96. The van der Waals surface area contributed by atoms with Crippen LogP contribution in [0, 0.1) is 0 Å². The van der Waals surface area contributed by atoms with E-state index >= 15 is 0 Å². The summed E-state index contributed by atoms with van der Waals surface area (Å²) in [5.41, 5.74) is 7.29. The predicted octanol–water partition coefficient (Wildman–Crippen LogP) is 2.08. The van der Waals surface area contributed by atoms with E-state index in [4.69, 9.17) is 14.8 Å². The van der Waals surface area contributed by atoms with Gasteiger partial charge in [0.2, 0.25) is 0 Å². The second-order valence-electron chi connectivity index (χ2n) is 6.70. The molecule has 2 heterocycles. The highest BCUT2D eigenvalue weighted by Crippen LogP contribution is 2.31. The third-order valence-corrected chi connectivity index (χ3v) is 4.01. The molecule has 1 amide bonds. The van der Waals surface area contributed by atoms with Gasteiger partial charge in [-0.05, 0) is 13.8 Å². The van der Waals surface area contributed by atoms with Crippen molar-refractivity contribution in [3.8, 4) is 11.4 Å². The minimum absolute atomic E-state index is 0.306. The average Bonchev–Trinajstić information content (AvgIpc) is 2.63. The molecule has 3 rings (SSSR count). The van der Waals surface area contributed by atoms with Crippen LogP contribution in [0.5, 0.6) is 0 Å². The number of hydrogen-bond donors (Lipinski definition) is 3. The van der Waals surface area contributed by atoms with Crippen LogP contribution in [0.2, 0.25) is 0 Å². The summed E-state index contributed by atoms with van der Waals surface area (Å²) in [6.45, 7) is 4.29. The second-order valence-corrected chi connectivity index (χ2v) is 6.70. The van der Waals surface area contributed by atoms with Gasteiger partial charge in [-0.15, -0.1) is 0 Å². The van der Waals surface area contributed by atoms with Gasteiger partial charge in [-0.25, -0.2) is 14.8 Å². The second kappa shape index (κ2) is 7.55. The van der Waals surface area contributed by atoms with E-state index in [1.54, 1.807) is 0 Å². The Kier molecular flexibility index (Phi) is 5.18. The number of carbonyl (C=O) groups excluding carboxylic acids is 1. The third kappa shape index (κ3) is 4.68. The number of fused-ring (bicyclic) bond motifs is 1. The molecular weight excluding hydrogens is 348 g/mol. The number of hydrazine groups is 1. The molecule has 0 saturated carbocycles. The average molecular weight is 368 g/mol. The fraction of sp³-hybridized carbons (Fsp3) is 0.263. The number of nitrogens with one attached hydrogen (secondary N) is 2. The summed E-state index contributed by atoms with van der Waals surface area (Å²) >= 11 is 0. The van der Waals surface area contributed by atoms with Crippen LogP contribution in [0.3, 0.4) is 0 Å². The molecule has 0 saturated heterocycles. The van der Waals surface area contributed by atoms with Crippen LogP contribution in [0.1, 0.15) is 25.1 Å². The molecule has 8 nitrogen and oxygen atoms in total. The first-order valence-corrected chi connectivity index (χ1v) is 8.40. The third-order valence-electron chi connectivity index (χ3n) is 4.01. The number of benzene rings is 1. The van der Waals surface area contributed by atoms with Gasteiger partial charge in [-0.1, -0.05) is 30.3 Å². The fourth-order valence-corrected chi connectivity index (χ4v) is 2.68. The maximum Gasteiger partial charge on any atom is 0.328 e. The predicted molar refractivity (Wildman–Crippen MR) is 98.6 cm³/mol. The Morgan fingerprint density at radius 3 is 2.63 bits per heavy atom. The summed E-state index contributed by atoms with van der Waals surface area (Å²) in [6, 6.07) is 9.52. The topological polar surface area (TPSA) is 113 Å². The zero-order valence-corrected chi connectivity index (χ0v) is 15.0. The van der Waals surface area contributed by atoms with E-state index in [-0.39, 0.29) is 5.60 Å². The molecule has 0 bridgehead atoms. The summed E-state index contributed by atoms with van der Waals surface area (Å²) in [7, 11) is 0. The molecule has 1 aliphatic rings. The van der Waals surface area contributed by atoms with Gasteiger partial charge in [0, 0.05) is 29.7 Å². The number of aliphatic carboxylic acids is 1. The van der Waals surface area contributed by atoms with Gasteiger partial charge in [0.05, 0.1) is 17.9 Å². The Morgan fingerprint density at radius 2 is 1.93 bits per heavy atom. The molecule has 140 valence electrons. The lowest BCUT2D eigenvalue weighted by molar-refractivity contribution is -0.131. The van der Waals surface area contributed by atoms with Crippen molar-refractivity contribution >= 4 is 17.7 Å². The van der Waals surface area contributed by atoms with E-state index in [1.807, 2.05) is 44.2 Å². The number of aromatic nitrogens is 2. The van der Waals surface area contributed by atoms with Gasteiger partial charge >= 0.3 is 5.97 Å². The molecule has 8 heteroatoms. The number of hydrogen-bond acceptors (Lipinski definition) is 6. The maximum absolute atomic E-state index is 11.7. The molecule has 27 heavy (non-hydrogen) atoms. The number of anilines is 1. The van der Waals surface area contributed by atoms with E-state index in [9.17, 15) is 9.59 Å². The molecule has 2 aromatic rings. The molecule has 1 aromatic carbocycles. The highest BCUT2D eigenvalue weighted by Gasteiger charge is 2.30. The molecule has 0 aliphatic carbocycles. The van der Waals surface area contributed by atoms with Crippen LogP contribution in [0.15, 0.2) is 42.5 Å². The Balaban J connectivity index is 1.92. The van der Waals surface area contributed by atoms with Crippen LogP contribution >= 0.6 is 0 Å². The van der Waals surface area contributed by atoms with Gasteiger partial charge in [0.25, 0.3) is 5.91 Å². The summed E-state index contributed by atoms with van der Waals surface area (Å²) in [6.07, 6.45) is 2.28. The minimum Gasteiger partial charge on any atom is -0.478 e. The quantitative estimate of drug-likeness (QED) is 0.547. The fourth-order valence-electron chi connectivity index (χ4n) is 2.68. The van der Waals surface area contributed by atoms with E-state index in [0.717, 1.165) is 29.0 Å². The number of carbonyl (C=O) groups is 2. The SMILES string of the molecule is CC1(C)Cc2nc(-c3ccccc3)nc(NNC(=O)/C=C/C(=O)O)c2CO1. The zero-order valence-electron chi connectivity index (χ0n) is 15.0. The smallest absolute Gasteiger partial charge is 0.328 e. The van der Waals surface area contributed by atoms with Crippen LogP contribution in [-0.4, -0.2) is 32.6 Å². The van der Waals surface area contributed by atoms with Crippen LogP contribution in [0.4, 0.5) is 5.82 Å². The Labute approximate surface area is 156 Å². The number of nitrogens with zero attached hydrogens (tertiary/aromatic N) is 2. The van der Waals surface area contributed by atoms with Crippen molar-refractivity contribution in [1.29, 1.82) is 0 Å². The van der Waals surface area contributed by atoms with Gasteiger partial charge in [-0.2, -0.15) is 0 Å². The lowest BCUT2D eigenvalue weighted by Crippen LogP contribution is -2.35. The van der Waals surface area contributed by atoms with Gasteiger partial charge < -0.3 is 9.84 Å². The minimum atomic E-state index is -1.20. The molecule has 0 atom stereocenters. The Bertz CT molecular complexity index is 894. The summed E-state index contributed by atoms with van der Waals surface area (Å²) in [4.78, 5) is 31.5. The van der Waals surface area contributed by atoms with Gasteiger partial charge in [-0.3, -0.25) is 15.6 Å². The summed E-state index contributed by atoms with van der Waals surface area (Å²) in [5.74, 6) is -0.856. The summed E-state index contributed by atoms with van der Waals surface area (Å²) < 4.78 is 5.84. The van der Waals surface area contributed by atoms with Crippen LogP contribution in [0.25, 0.3) is 11.4 Å². The first-order chi connectivity index (χ1) is 12.8. The van der Waals surface area contributed by atoms with Crippen LogP contribution in [-0.2, 0) is 27.4 Å². The van der Waals surface area contributed by atoms with Crippen molar-refractivity contribution in [3.63, 3.8) is 0 Å². The molecule has 0 spiro atoms. The van der Waals surface area contributed by atoms with E-state index in [0.29, 0.717) is 24.7 Å². The number of rotatable bonds is 5. The molecule has 1 aliphatic heterocycles. The zero-order chi connectivity index (χ0) is 19.4. The normalized spacial score (nSPS) is 15.2. The van der Waals surface area contributed by atoms with Crippen molar-refractivity contribution in [2.45, 2.75) is 32.5 Å². The Morgan fingerprint density at radius 1 is 1.19 bits per heavy atom. The maximum atomic E-state index is 11.7. The van der Waals surface area contributed by atoms with Crippen molar-refractivity contribution in [2.24, 2.45) is 0 Å². The molecule has 1 aromatic heterocycles. The standard InChI is InChI=1S/C19H20N4O4/c1-19(2)10-14-13(11-27-19)18(23-22-15(24)8-9-16(25)26)21-17(20-14)12-6-4-3-5-7-12/h3-9H,10-11H2,1-2H3,(H,22,24)(H,25,26)(H,20,21,23)/b9-8+. The molecular formula is C19H20N4O4. The van der Waals surface area contributed by atoms with E-state index in [2.05, 4.69) is 15.8 Å². The van der Waals surface area contributed by atoms with Gasteiger partial charge in [0.15, 0.2) is 11.6 Å². The lowest BCUT2D eigenvalue weighted by Gasteiger charge is -2.32. The molecule has 0 radical (unpaired) electrons. The largest absolute Gasteiger partial charge is 0.478 e. The summed E-state index contributed by atoms with van der Waals surface area (Å²) in [5, 5.41) is 8.59. The van der Waals surface area contributed by atoms with Crippen molar-refractivity contribution in [3.05, 3.63) is 53.7 Å². The number of carboxylic acids is 1. The Hall–Kier alpha value is -3.26. The first kappa shape index (κ1) is 18.5. The van der Waals surface area contributed by atoms with Crippen molar-refractivity contribution < 1.29 is 19.4 Å². The molecule has 0 fully saturated rings. The highest BCUT2D eigenvalue weighted by molar-refractivity contribution is 5.94. The number of ether oxygens (including phenoxy) is 1. The van der Waals surface area contributed by atoms with Gasteiger partial charge in [0.1, 0.15) is 0 Å². The highest BCUT2D eigenvalue weighted by atomic mass is 16.5. The monoisotopic (exact) mass is 368 g/mol. The number of carboxylic acid groups (broad SMARTS) is 1. The van der Waals surface area contributed by atoms with Crippen molar-refractivity contribution in [2.75, 3.05) is 5.43 Å². The first-order valence-electron chi connectivity index (χ1n) is 8.40.